The van der Waals surface area contributed by atoms with Crippen LogP contribution in [0.15, 0.2) is 126 Å². The number of sulfone groups is 1. The van der Waals surface area contributed by atoms with Crippen LogP contribution in [0.4, 0.5) is 0 Å². The molecule has 0 aliphatic carbocycles. The second-order valence-electron chi connectivity index (χ2n) is 13.3. The molecule has 2 aliphatic heterocycles. The van der Waals surface area contributed by atoms with Crippen LogP contribution in [0.1, 0.15) is 44.7 Å². The lowest BCUT2D eigenvalue weighted by molar-refractivity contribution is 0.118. The zero-order valence-corrected chi connectivity index (χ0v) is 28.5. The summed E-state index contributed by atoms with van der Waals surface area (Å²) in [5, 5.41) is 11.3. The maximum absolute atomic E-state index is 13.5. The molecule has 46 heavy (non-hydrogen) atoms. The Morgan fingerprint density at radius 3 is 2.00 bits per heavy atom. The zero-order valence-electron chi connectivity index (χ0n) is 26.7. The largest absolute Gasteiger partial charge is 0.508 e. The molecule has 1 saturated heterocycles. The molecule has 4 aromatic carbocycles. The van der Waals surface area contributed by atoms with Gasteiger partial charge < -0.3 is 14.3 Å². The summed E-state index contributed by atoms with van der Waals surface area (Å²) in [7, 11) is -6.24. The van der Waals surface area contributed by atoms with E-state index in [1.54, 1.807) is 12.1 Å². The van der Waals surface area contributed by atoms with E-state index in [1.807, 2.05) is 42.5 Å². The van der Waals surface area contributed by atoms with Gasteiger partial charge in [-0.15, -0.1) is 0 Å². The fourth-order valence-electron chi connectivity index (χ4n) is 7.10. The first-order valence-electron chi connectivity index (χ1n) is 15.9. The van der Waals surface area contributed by atoms with Crippen LogP contribution in [-0.4, -0.2) is 52.2 Å². The number of benzene rings is 4. The maximum Gasteiger partial charge on any atom is 0.261 e. The number of rotatable bonds is 10. The van der Waals surface area contributed by atoms with Crippen LogP contribution in [0.2, 0.25) is 5.04 Å². The number of phenols is 1. The summed E-state index contributed by atoms with van der Waals surface area (Å²) in [5.74, 6) is 0.242. The summed E-state index contributed by atoms with van der Waals surface area (Å²) in [6, 6.07) is 38.3. The van der Waals surface area contributed by atoms with E-state index in [-0.39, 0.29) is 35.9 Å². The number of aromatic hydroxyl groups is 1. The van der Waals surface area contributed by atoms with Gasteiger partial charge in [-0.05, 0) is 68.2 Å². The number of hydrogen-bond acceptors (Lipinski definition) is 5. The van der Waals surface area contributed by atoms with Crippen LogP contribution in [0.5, 0.6) is 5.75 Å². The van der Waals surface area contributed by atoms with Crippen molar-refractivity contribution in [3.63, 3.8) is 0 Å². The second-order valence-corrected chi connectivity index (χ2v) is 19.8. The van der Waals surface area contributed by atoms with Crippen molar-refractivity contribution in [3.05, 3.63) is 138 Å². The number of phenolic OH excluding ortho intramolecular Hbond substituents is 1. The van der Waals surface area contributed by atoms with E-state index in [0.717, 1.165) is 27.8 Å². The highest BCUT2D eigenvalue weighted by atomic mass is 32.2. The summed E-state index contributed by atoms with van der Waals surface area (Å²) < 4.78 is 40.5. The van der Waals surface area contributed by atoms with Gasteiger partial charge in [0.2, 0.25) is 0 Å². The van der Waals surface area contributed by atoms with E-state index in [1.165, 1.54) is 10.4 Å². The molecule has 1 fully saturated rings. The van der Waals surface area contributed by atoms with Crippen molar-refractivity contribution >= 4 is 40.2 Å². The van der Waals surface area contributed by atoms with Crippen molar-refractivity contribution in [2.24, 2.45) is 0 Å². The van der Waals surface area contributed by atoms with Crippen LogP contribution in [0.3, 0.4) is 0 Å². The molecule has 0 aromatic heterocycles. The quantitative estimate of drug-likeness (QED) is 0.116. The monoisotopic (exact) mass is 650 g/mol. The lowest BCUT2D eigenvalue weighted by Crippen LogP contribution is -2.66. The Hall–Kier alpha value is -3.75. The van der Waals surface area contributed by atoms with E-state index in [4.69, 9.17) is 9.16 Å². The molecule has 5 nitrogen and oxygen atoms in total. The van der Waals surface area contributed by atoms with Crippen molar-refractivity contribution in [2.75, 3.05) is 19.0 Å². The van der Waals surface area contributed by atoms with E-state index in [9.17, 15) is 13.5 Å². The first-order chi connectivity index (χ1) is 22.1. The van der Waals surface area contributed by atoms with Gasteiger partial charge in [0, 0.05) is 0 Å². The van der Waals surface area contributed by atoms with Crippen LogP contribution < -0.4 is 10.4 Å². The van der Waals surface area contributed by atoms with Gasteiger partial charge in [-0.1, -0.05) is 130 Å². The topological polar surface area (TPSA) is 72.8 Å². The third-order valence-electron chi connectivity index (χ3n) is 9.29. The van der Waals surface area contributed by atoms with Crippen LogP contribution in [0.25, 0.3) is 11.6 Å². The molecular formula is C39H42O5SSi. The van der Waals surface area contributed by atoms with Gasteiger partial charge in [0.25, 0.3) is 8.32 Å². The highest BCUT2D eigenvalue weighted by molar-refractivity contribution is 7.92. The predicted octanol–water partition coefficient (Wildman–Crippen LogP) is 6.78. The average Bonchev–Trinajstić information content (AvgIpc) is 3.60. The first kappa shape index (κ1) is 32.2. The fraction of sp³-hybridized carbons (Fsp3) is 0.282. The van der Waals surface area contributed by atoms with E-state index in [2.05, 4.69) is 87.5 Å². The Labute approximate surface area is 274 Å². The lowest BCUT2D eigenvalue weighted by Gasteiger charge is -2.43. The minimum Gasteiger partial charge on any atom is -0.508 e. The summed E-state index contributed by atoms with van der Waals surface area (Å²) in [4.78, 5) is 0. The smallest absolute Gasteiger partial charge is 0.261 e. The number of fused-ring (bicyclic) bond motifs is 1. The van der Waals surface area contributed by atoms with Crippen molar-refractivity contribution < 1.29 is 22.7 Å². The molecule has 2 heterocycles. The van der Waals surface area contributed by atoms with E-state index >= 15 is 0 Å². The normalized spacial score (nSPS) is 19.8. The Morgan fingerprint density at radius 2 is 1.43 bits per heavy atom. The Morgan fingerprint density at radius 1 is 0.870 bits per heavy atom. The van der Waals surface area contributed by atoms with Crippen LogP contribution in [0, 0.1) is 0 Å². The molecule has 0 spiro atoms. The van der Waals surface area contributed by atoms with Gasteiger partial charge in [-0.2, -0.15) is 0 Å². The van der Waals surface area contributed by atoms with Gasteiger partial charge in [0.1, 0.15) is 11.0 Å². The molecule has 6 rings (SSSR count). The van der Waals surface area contributed by atoms with Gasteiger partial charge in [-0.3, -0.25) is 0 Å². The highest BCUT2D eigenvalue weighted by Crippen LogP contribution is 2.42. The van der Waals surface area contributed by atoms with E-state index < -0.39 is 23.4 Å². The number of ether oxygens (including phenoxy) is 1. The van der Waals surface area contributed by atoms with Crippen molar-refractivity contribution in [3.8, 4) is 5.75 Å². The average molecular weight is 651 g/mol. The maximum atomic E-state index is 13.5. The summed E-state index contributed by atoms with van der Waals surface area (Å²) in [6.07, 6.45) is 3.19. The molecule has 0 unspecified atom stereocenters. The fourth-order valence-corrected chi connectivity index (χ4v) is 13.6. The molecule has 2 aliphatic rings. The van der Waals surface area contributed by atoms with Crippen molar-refractivity contribution in [1.29, 1.82) is 0 Å². The van der Waals surface area contributed by atoms with E-state index in [0.29, 0.717) is 12.8 Å². The molecule has 238 valence electrons. The highest BCUT2D eigenvalue weighted by Gasteiger charge is 2.52. The van der Waals surface area contributed by atoms with Gasteiger partial charge in [-0.25, -0.2) is 8.42 Å². The number of hydrogen-bond donors (Lipinski definition) is 1. The Bertz CT molecular complexity index is 1770. The predicted molar refractivity (Wildman–Crippen MR) is 190 cm³/mol. The summed E-state index contributed by atoms with van der Waals surface area (Å²) in [6.45, 7) is 7.15. The minimum absolute atomic E-state index is 0.0138. The Kier molecular flexibility index (Phi) is 9.21. The van der Waals surface area contributed by atoms with Gasteiger partial charge >= 0.3 is 0 Å². The molecule has 0 bridgehead atoms. The van der Waals surface area contributed by atoms with Crippen molar-refractivity contribution in [2.45, 2.75) is 50.0 Å². The SMILES string of the molecule is CC(C)(C)[Si](OCC1=C2[C@@H](CC/C(=C/c3ccc(O)cc3)c3ccccc3)OC[C@@H]2S(=O)(=O)C1)(c1ccccc1)c1ccccc1. The molecular weight excluding hydrogens is 609 g/mol. The summed E-state index contributed by atoms with van der Waals surface area (Å²) >= 11 is 0. The third-order valence-corrected chi connectivity index (χ3v) is 16.3. The molecule has 0 amide bonds. The molecule has 1 N–H and O–H groups in total. The third kappa shape index (κ3) is 6.42. The Balaban J connectivity index is 1.33. The minimum atomic E-state index is -3.38. The van der Waals surface area contributed by atoms with Crippen LogP contribution >= 0.6 is 0 Å². The lowest BCUT2D eigenvalue weighted by atomic mass is 9.93. The van der Waals surface area contributed by atoms with Crippen LogP contribution in [-0.2, 0) is 19.0 Å². The second kappa shape index (κ2) is 13.2. The molecule has 4 aromatic rings. The zero-order chi connectivity index (χ0) is 32.4. The molecule has 2 atom stereocenters. The summed E-state index contributed by atoms with van der Waals surface area (Å²) in [5.41, 5.74) is 4.97. The van der Waals surface area contributed by atoms with Crippen molar-refractivity contribution in [1.82, 2.24) is 0 Å². The van der Waals surface area contributed by atoms with Gasteiger partial charge in [0.05, 0.1) is 25.1 Å². The van der Waals surface area contributed by atoms with Gasteiger partial charge in [0.15, 0.2) is 9.84 Å². The molecule has 0 radical (unpaired) electrons. The number of allylic oxidation sites excluding steroid dienone is 1. The molecule has 0 saturated carbocycles. The standard InChI is InChI=1S/C39H42O5SSi/c1-39(2,3)46(34-15-9-5-10-16-34,35-17-11-6-12-18-35)44-26-32-28-45(41,42)37-27-43-36(38(32)37)24-21-31(30-13-7-4-8-14-30)25-29-19-22-33(40)23-20-29/h4-20,22-23,25,36-37,40H,21,24,26-28H2,1-3H3/b31-25-/t36-,37+/m1/s1. The molecule has 7 heteroatoms. The first-order valence-corrected chi connectivity index (χ1v) is 19.6.